The van der Waals surface area contributed by atoms with Gasteiger partial charge in [0, 0.05) is 0 Å². The van der Waals surface area contributed by atoms with Crippen molar-refractivity contribution in [3.05, 3.63) is 47.3 Å². The molecule has 27 heavy (non-hydrogen) atoms. The van der Waals surface area contributed by atoms with Crippen LogP contribution in [0.3, 0.4) is 0 Å². The summed E-state index contributed by atoms with van der Waals surface area (Å²) in [6.07, 6.45) is 19.8. The summed E-state index contributed by atoms with van der Waals surface area (Å²) in [5.74, 6) is 3.14. The smallest absolute Gasteiger partial charge is 0.141 e. The Morgan fingerprint density at radius 2 is 1.44 bits per heavy atom. The van der Waals surface area contributed by atoms with Gasteiger partial charge in [-0.25, -0.2) is 4.39 Å². The van der Waals surface area contributed by atoms with Gasteiger partial charge in [0.25, 0.3) is 0 Å². The van der Waals surface area contributed by atoms with Crippen LogP contribution >= 0.6 is 11.6 Å². The van der Waals surface area contributed by atoms with Crippen LogP contribution in [0.2, 0.25) is 5.02 Å². The van der Waals surface area contributed by atoms with Crippen molar-refractivity contribution in [3.63, 3.8) is 0 Å². The molecule has 0 spiro atoms. The summed E-state index contributed by atoms with van der Waals surface area (Å²) in [6.45, 7) is 3.83. The minimum Gasteiger partial charge on any atom is -0.205 e. The number of benzene rings is 1. The van der Waals surface area contributed by atoms with Crippen LogP contribution in [0.4, 0.5) is 4.39 Å². The van der Waals surface area contributed by atoms with Gasteiger partial charge in [0.05, 0.1) is 5.02 Å². The Morgan fingerprint density at radius 1 is 0.889 bits per heavy atom. The largest absolute Gasteiger partial charge is 0.205 e. The Kier molecular flexibility index (Phi) is 8.24. The van der Waals surface area contributed by atoms with Crippen LogP contribution < -0.4 is 0 Å². The van der Waals surface area contributed by atoms with Gasteiger partial charge in [-0.1, -0.05) is 68.7 Å². The molecule has 2 fully saturated rings. The van der Waals surface area contributed by atoms with Gasteiger partial charge in [0.2, 0.25) is 0 Å². The van der Waals surface area contributed by atoms with E-state index in [9.17, 15) is 4.39 Å². The van der Waals surface area contributed by atoms with Crippen molar-refractivity contribution in [3.8, 4) is 0 Å². The van der Waals surface area contributed by atoms with Crippen molar-refractivity contribution in [2.24, 2.45) is 17.8 Å². The van der Waals surface area contributed by atoms with Crippen LogP contribution in [-0.2, 0) is 0 Å². The second-order valence-corrected chi connectivity index (χ2v) is 9.48. The Labute approximate surface area is 170 Å². The van der Waals surface area contributed by atoms with Crippen LogP contribution in [0.25, 0.3) is 0 Å². The quantitative estimate of drug-likeness (QED) is 0.307. The molecule has 0 radical (unpaired) electrons. The van der Waals surface area contributed by atoms with Crippen LogP contribution in [-0.4, -0.2) is 0 Å². The minimum absolute atomic E-state index is 0.273. The summed E-state index contributed by atoms with van der Waals surface area (Å²) in [4.78, 5) is 0. The molecule has 0 unspecified atom stereocenters. The minimum atomic E-state index is -0.301. The highest BCUT2D eigenvalue weighted by Crippen LogP contribution is 2.40. The Hall–Kier alpha value is -0.820. The normalized spacial score (nSPS) is 28.8. The van der Waals surface area contributed by atoms with Crippen LogP contribution in [0.15, 0.2) is 30.9 Å². The first kappa shape index (κ1) is 20.9. The molecule has 2 aliphatic rings. The molecule has 0 bridgehead atoms. The molecule has 2 saturated carbocycles. The van der Waals surface area contributed by atoms with Crippen molar-refractivity contribution < 1.29 is 4.39 Å². The van der Waals surface area contributed by atoms with Crippen molar-refractivity contribution in [2.45, 2.75) is 89.4 Å². The fraction of sp³-hybridized carbons (Fsp3) is 0.680. The summed E-state index contributed by atoms with van der Waals surface area (Å²) < 4.78 is 13.4. The molecule has 0 saturated heterocycles. The average Bonchev–Trinajstić information content (AvgIpc) is 2.70. The molecular weight excluding hydrogens is 355 g/mol. The SMILES string of the molecule is C=CCCC[C@H]1CC[C@H](CCC2CCC(c3ccc(F)c(Cl)c3)CC2)CC1. The van der Waals surface area contributed by atoms with Gasteiger partial charge in [-0.15, -0.1) is 6.58 Å². The molecule has 0 nitrogen and oxygen atoms in total. The Balaban J connectivity index is 1.33. The molecule has 2 heteroatoms. The highest BCUT2D eigenvalue weighted by Gasteiger charge is 2.25. The molecule has 0 aliphatic heterocycles. The van der Waals surface area contributed by atoms with E-state index in [2.05, 4.69) is 12.7 Å². The zero-order valence-corrected chi connectivity index (χ0v) is 17.5. The van der Waals surface area contributed by atoms with E-state index in [1.165, 1.54) is 95.1 Å². The molecule has 1 aromatic carbocycles. The van der Waals surface area contributed by atoms with Gasteiger partial charge in [-0.2, -0.15) is 0 Å². The maximum Gasteiger partial charge on any atom is 0.141 e. The first-order chi connectivity index (χ1) is 13.2. The van der Waals surface area contributed by atoms with Crippen LogP contribution in [0.1, 0.15) is 95.0 Å². The molecule has 1 aromatic rings. The summed E-state index contributed by atoms with van der Waals surface area (Å²) in [5, 5.41) is 0.273. The van der Waals surface area contributed by atoms with E-state index in [0.717, 1.165) is 17.8 Å². The zero-order chi connectivity index (χ0) is 19.1. The third-order valence-corrected chi connectivity index (χ3v) is 7.52. The van der Waals surface area contributed by atoms with E-state index >= 15 is 0 Å². The van der Waals surface area contributed by atoms with Gasteiger partial charge in [0.15, 0.2) is 0 Å². The predicted molar refractivity (Wildman–Crippen MR) is 115 cm³/mol. The van der Waals surface area contributed by atoms with Crippen molar-refractivity contribution in [1.82, 2.24) is 0 Å². The highest BCUT2D eigenvalue weighted by atomic mass is 35.5. The molecule has 0 amide bonds. The van der Waals surface area contributed by atoms with Crippen molar-refractivity contribution in [1.29, 1.82) is 0 Å². The molecule has 2 aliphatic carbocycles. The lowest BCUT2D eigenvalue weighted by atomic mass is 9.74. The van der Waals surface area contributed by atoms with Gasteiger partial charge in [-0.3, -0.25) is 0 Å². The molecular formula is C25H36ClF. The van der Waals surface area contributed by atoms with E-state index in [-0.39, 0.29) is 10.8 Å². The summed E-state index contributed by atoms with van der Waals surface area (Å²) >= 11 is 5.96. The van der Waals surface area contributed by atoms with E-state index in [1.54, 1.807) is 0 Å². The third kappa shape index (κ3) is 6.34. The van der Waals surface area contributed by atoms with E-state index < -0.39 is 0 Å². The lowest BCUT2D eigenvalue weighted by molar-refractivity contribution is 0.223. The monoisotopic (exact) mass is 390 g/mol. The molecule has 0 N–H and O–H groups in total. The Bertz CT molecular complexity index is 580. The van der Waals surface area contributed by atoms with Crippen LogP contribution in [0.5, 0.6) is 0 Å². The average molecular weight is 391 g/mol. The number of allylic oxidation sites excluding steroid dienone is 1. The predicted octanol–water partition coefficient (Wildman–Crippen LogP) is 8.70. The number of hydrogen-bond donors (Lipinski definition) is 0. The fourth-order valence-corrected chi connectivity index (χ4v) is 5.57. The zero-order valence-electron chi connectivity index (χ0n) is 16.8. The fourth-order valence-electron chi connectivity index (χ4n) is 5.38. The van der Waals surface area contributed by atoms with E-state index in [1.807, 2.05) is 12.1 Å². The first-order valence-electron chi connectivity index (χ1n) is 11.2. The first-order valence-corrected chi connectivity index (χ1v) is 11.6. The van der Waals surface area contributed by atoms with E-state index in [4.69, 9.17) is 11.6 Å². The maximum atomic E-state index is 13.4. The topological polar surface area (TPSA) is 0 Å². The van der Waals surface area contributed by atoms with Crippen LogP contribution in [0, 0.1) is 23.6 Å². The molecule has 150 valence electrons. The second-order valence-electron chi connectivity index (χ2n) is 9.07. The van der Waals surface area contributed by atoms with Gasteiger partial charge in [-0.05, 0) is 79.9 Å². The highest BCUT2D eigenvalue weighted by molar-refractivity contribution is 6.30. The van der Waals surface area contributed by atoms with Crippen molar-refractivity contribution in [2.75, 3.05) is 0 Å². The third-order valence-electron chi connectivity index (χ3n) is 7.23. The van der Waals surface area contributed by atoms with Gasteiger partial charge < -0.3 is 0 Å². The lowest BCUT2D eigenvalue weighted by Crippen LogP contribution is -2.17. The van der Waals surface area contributed by atoms with Crippen molar-refractivity contribution >= 4 is 11.6 Å². The summed E-state index contributed by atoms with van der Waals surface area (Å²) in [5.41, 5.74) is 1.23. The number of rotatable bonds is 8. The Morgan fingerprint density at radius 3 is 2.00 bits per heavy atom. The second kappa shape index (κ2) is 10.6. The molecule has 0 atom stereocenters. The van der Waals surface area contributed by atoms with Gasteiger partial charge >= 0.3 is 0 Å². The number of hydrogen-bond acceptors (Lipinski definition) is 0. The standard InChI is InChI=1S/C25H36ClF/c1-2-3-4-5-19-6-8-20(9-7-19)10-11-21-12-14-22(15-13-21)23-16-17-25(27)24(26)18-23/h2,16-22H,1,3-15H2/t19-,20-,21?,22?. The lowest BCUT2D eigenvalue weighted by Gasteiger charge is -2.32. The molecule has 3 rings (SSSR count). The molecule has 0 heterocycles. The van der Waals surface area contributed by atoms with E-state index in [0.29, 0.717) is 5.92 Å². The molecule has 0 aromatic heterocycles. The summed E-state index contributed by atoms with van der Waals surface area (Å²) in [6, 6.07) is 5.30. The number of unbranched alkanes of at least 4 members (excludes halogenated alkanes) is 1. The van der Waals surface area contributed by atoms with Gasteiger partial charge in [0.1, 0.15) is 5.82 Å². The number of halogens is 2. The maximum absolute atomic E-state index is 13.4. The summed E-state index contributed by atoms with van der Waals surface area (Å²) in [7, 11) is 0.